The summed E-state index contributed by atoms with van der Waals surface area (Å²) in [6, 6.07) is 13.9. The maximum atomic E-state index is 5.63. The number of nitrogens with one attached hydrogen (secondary N) is 2. The van der Waals surface area contributed by atoms with Crippen molar-refractivity contribution in [1.82, 2.24) is 24.7 Å². The van der Waals surface area contributed by atoms with E-state index in [9.17, 15) is 0 Å². The van der Waals surface area contributed by atoms with Gasteiger partial charge in [0.05, 0.1) is 19.9 Å². The summed E-state index contributed by atoms with van der Waals surface area (Å²) in [5.41, 5.74) is 4.93. The van der Waals surface area contributed by atoms with Crippen molar-refractivity contribution in [1.29, 1.82) is 0 Å². The highest BCUT2D eigenvalue weighted by molar-refractivity contribution is 5.64. The zero-order valence-corrected chi connectivity index (χ0v) is 19.7. The molecule has 0 saturated heterocycles. The summed E-state index contributed by atoms with van der Waals surface area (Å²) in [5.74, 6) is 3.75. The summed E-state index contributed by atoms with van der Waals surface area (Å²) >= 11 is 0. The van der Waals surface area contributed by atoms with E-state index >= 15 is 0 Å². The Kier molecular flexibility index (Phi) is 5.75. The average Bonchev–Trinajstić information content (AvgIpc) is 3.49. The van der Waals surface area contributed by atoms with Crippen molar-refractivity contribution in [3.8, 4) is 17.2 Å². The van der Waals surface area contributed by atoms with Crippen LogP contribution in [0.4, 0.5) is 17.5 Å². The van der Waals surface area contributed by atoms with Crippen LogP contribution in [0.15, 0.2) is 48.8 Å². The highest BCUT2D eigenvalue weighted by atomic mass is 16.5. The molecule has 0 fully saturated rings. The second kappa shape index (κ2) is 9.01. The minimum Gasteiger partial charge on any atom is -0.496 e. The van der Waals surface area contributed by atoms with E-state index in [4.69, 9.17) is 19.4 Å². The van der Waals surface area contributed by atoms with Gasteiger partial charge < -0.3 is 20.1 Å². The molecule has 9 heteroatoms. The predicted molar refractivity (Wildman–Crippen MR) is 131 cm³/mol. The third-order valence-corrected chi connectivity index (χ3v) is 6.09. The highest BCUT2D eigenvalue weighted by Crippen LogP contribution is 2.43. The van der Waals surface area contributed by atoms with Crippen molar-refractivity contribution in [3.05, 3.63) is 71.4 Å². The van der Waals surface area contributed by atoms with Gasteiger partial charge in [-0.1, -0.05) is 18.2 Å². The van der Waals surface area contributed by atoms with Gasteiger partial charge in [0.2, 0.25) is 5.95 Å². The van der Waals surface area contributed by atoms with Crippen LogP contribution < -0.4 is 20.1 Å². The number of rotatable bonds is 7. The van der Waals surface area contributed by atoms with Gasteiger partial charge in [-0.2, -0.15) is 10.1 Å². The van der Waals surface area contributed by atoms with Crippen LogP contribution >= 0.6 is 0 Å². The number of ether oxygens (including phenoxy) is 2. The maximum absolute atomic E-state index is 5.63. The number of anilines is 3. The number of hydrogen-bond donors (Lipinski definition) is 2. The third-order valence-electron chi connectivity index (χ3n) is 6.09. The molecule has 174 valence electrons. The molecule has 0 amide bonds. The molecule has 2 aromatic carbocycles. The molecular formula is C25H27N7O2. The largest absolute Gasteiger partial charge is 0.496 e. The monoisotopic (exact) mass is 457 g/mol. The molecule has 9 nitrogen and oxygen atoms in total. The van der Waals surface area contributed by atoms with Gasteiger partial charge in [-0.25, -0.2) is 14.6 Å². The molecule has 5 rings (SSSR count). The van der Waals surface area contributed by atoms with Crippen molar-refractivity contribution >= 4 is 17.5 Å². The summed E-state index contributed by atoms with van der Waals surface area (Å²) < 4.78 is 12.9. The van der Waals surface area contributed by atoms with Crippen LogP contribution in [-0.2, 0) is 6.42 Å². The highest BCUT2D eigenvalue weighted by Gasteiger charge is 2.31. The van der Waals surface area contributed by atoms with Gasteiger partial charge in [-0.3, -0.25) is 0 Å². The molecule has 2 aromatic heterocycles. The number of nitrogens with zero attached hydrogens (tertiary/aromatic N) is 5. The van der Waals surface area contributed by atoms with Crippen LogP contribution in [0.2, 0.25) is 0 Å². The Labute approximate surface area is 198 Å². The number of para-hydroxylation sites is 1. The maximum Gasteiger partial charge on any atom is 0.229 e. The lowest BCUT2D eigenvalue weighted by Gasteiger charge is -2.17. The smallest absolute Gasteiger partial charge is 0.229 e. The Morgan fingerprint density at radius 3 is 2.59 bits per heavy atom. The summed E-state index contributed by atoms with van der Waals surface area (Å²) in [6.45, 7) is 1.85. The lowest BCUT2D eigenvalue weighted by molar-refractivity contribution is 0.407. The standard InChI is InChI=1S/C25H27N7O2/c1-15-27-14-32(31-15)20-12-9-16(13-22(20)34-4)28-25-29-23-18(10-11-19(23)24(26-2)30-25)17-7-5-6-8-21(17)33-3/h5-9,12-14,18H,10-11H2,1-4H3,(H2,26,28,29,30)/t18-/m1/s1. The summed E-state index contributed by atoms with van der Waals surface area (Å²) in [7, 11) is 5.23. The molecule has 1 atom stereocenters. The Hall–Kier alpha value is -4.14. The number of benzene rings is 2. The van der Waals surface area contributed by atoms with Gasteiger partial charge in [-0.15, -0.1) is 0 Å². The van der Waals surface area contributed by atoms with Crippen LogP contribution in [-0.4, -0.2) is 46.0 Å². The van der Waals surface area contributed by atoms with E-state index in [0.29, 0.717) is 17.5 Å². The van der Waals surface area contributed by atoms with E-state index in [0.717, 1.165) is 52.6 Å². The number of aromatic nitrogens is 5. The zero-order valence-electron chi connectivity index (χ0n) is 19.7. The molecule has 1 aliphatic carbocycles. The van der Waals surface area contributed by atoms with E-state index in [2.05, 4.69) is 26.8 Å². The topological polar surface area (TPSA) is 99.0 Å². The van der Waals surface area contributed by atoms with Crippen molar-refractivity contribution in [3.63, 3.8) is 0 Å². The van der Waals surface area contributed by atoms with Crippen LogP contribution in [0.3, 0.4) is 0 Å². The Morgan fingerprint density at radius 2 is 1.85 bits per heavy atom. The predicted octanol–water partition coefficient (Wildman–Crippen LogP) is 4.25. The van der Waals surface area contributed by atoms with E-state index < -0.39 is 0 Å². The van der Waals surface area contributed by atoms with E-state index in [1.807, 2.05) is 50.4 Å². The second-order valence-corrected chi connectivity index (χ2v) is 8.09. The van der Waals surface area contributed by atoms with Gasteiger partial charge in [0, 0.05) is 35.8 Å². The number of hydrogen-bond acceptors (Lipinski definition) is 8. The van der Waals surface area contributed by atoms with Crippen molar-refractivity contribution < 1.29 is 9.47 Å². The zero-order chi connectivity index (χ0) is 23.7. The molecule has 2 N–H and O–H groups in total. The lowest BCUT2D eigenvalue weighted by atomic mass is 9.95. The molecule has 2 heterocycles. The van der Waals surface area contributed by atoms with Gasteiger partial charge in [-0.05, 0) is 38.0 Å². The Morgan fingerprint density at radius 1 is 1.03 bits per heavy atom. The van der Waals surface area contributed by atoms with Gasteiger partial charge in [0.1, 0.15) is 35.2 Å². The fraction of sp³-hybridized carbons (Fsp3) is 0.280. The fourth-order valence-corrected chi connectivity index (χ4v) is 4.52. The molecule has 0 bridgehead atoms. The van der Waals surface area contributed by atoms with Crippen LogP contribution in [0, 0.1) is 6.92 Å². The quantitative estimate of drug-likeness (QED) is 0.425. The summed E-state index contributed by atoms with van der Waals surface area (Å²) in [4.78, 5) is 13.9. The molecule has 0 radical (unpaired) electrons. The van der Waals surface area contributed by atoms with E-state index in [-0.39, 0.29) is 5.92 Å². The molecule has 34 heavy (non-hydrogen) atoms. The minimum absolute atomic E-state index is 0.147. The SMILES string of the molecule is CNc1nc(Nc2ccc(-n3cnc(C)n3)c(OC)c2)nc2c1CC[C@@H]2c1ccccc1OC. The second-order valence-electron chi connectivity index (χ2n) is 8.09. The van der Waals surface area contributed by atoms with Crippen molar-refractivity contribution in [2.45, 2.75) is 25.7 Å². The first-order chi connectivity index (χ1) is 16.6. The van der Waals surface area contributed by atoms with Crippen molar-refractivity contribution in [2.24, 2.45) is 0 Å². The fourth-order valence-electron chi connectivity index (χ4n) is 4.52. The molecule has 0 saturated carbocycles. The van der Waals surface area contributed by atoms with Crippen LogP contribution in [0.25, 0.3) is 5.69 Å². The number of methoxy groups -OCH3 is 2. The average molecular weight is 458 g/mol. The third kappa shape index (κ3) is 3.89. The first-order valence-electron chi connectivity index (χ1n) is 11.2. The first kappa shape index (κ1) is 21.7. The van der Waals surface area contributed by atoms with E-state index in [1.54, 1.807) is 25.2 Å². The van der Waals surface area contributed by atoms with Gasteiger partial charge in [0.25, 0.3) is 0 Å². The molecule has 0 aliphatic heterocycles. The summed E-state index contributed by atoms with van der Waals surface area (Å²) in [6.07, 6.45) is 3.54. The van der Waals surface area contributed by atoms with Gasteiger partial charge >= 0.3 is 0 Å². The summed E-state index contributed by atoms with van der Waals surface area (Å²) in [5, 5.41) is 11.0. The molecule has 1 aliphatic rings. The molecule has 4 aromatic rings. The Balaban J connectivity index is 1.50. The molecular weight excluding hydrogens is 430 g/mol. The lowest BCUT2D eigenvalue weighted by Crippen LogP contribution is -2.08. The number of fused-ring (bicyclic) bond motifs is 1. The Bertz CT molecular complexity index is 1330. The molecule has 0 spiro atoms. The minimum atomic E-state index is 0.147. The van der Waals surface area contributed by atoms with Crippen molar-refractivity contribution in [2.75, 3.05) is 31.9 Å². The van der Waals surface area contributed by atoms with E-state index in [1.165, 1.54) is 0 Å². The van der Waals surface area contributed by atoms with Crippen LogP contribution in [0.5, 0.6) is 11.5 Å². The first-order valence-corrected chi connectivity index (χ1v) is 11.2. The van der Waals surface area contributed by atoms with Crippen LogP contribution in [0.1, 0.15) is 35.0 Å². The molecule has 0 unspecified atom stereocenters. The normalized spacial score (nSPS) is 14.5. The van der Waals surface area contributed by atoms with Gasteiger partial charge in [0.15, 0.2) is 0 Å². The number of aryl methyl sites for hydroxylation is 1.